The maximum atomic E-state index is 5.72. The molecule has 2 aromatic heterocycles. The molecule has 0 aromatic carbocycles. The maximum Gasteiger partial charge on any atom is 0.165 e. The molecule has 2 N–H and O–H groups in total. The summed E-state index contributed by atoms with van der Waals surface area (Å²) in [6, 6.07) is 0. The number of aromatic nitrogens is 4. The summed E-state index contributed by atoms with van der Waals surface area (Å²) in [4.78, 5) is 14.4. The van der Waals surface area contributed by atoms with Crippen molar-refractivity contribution in [1.29, 1.82) is 0 Å². The number of ether oxygens (including phenoxy) is 1. The number of imidazole rings is 1. The van der Waals surface area contributed by atoms with Gasteiger partial charge in [0.2, 0.25) is 0 Å². The predicted octanol–water partition coefficient (Wildman–Crippen LogP) is -0.0133. The Morgan fingerprint density at radius 2 is 2.11 bits per heavy atom. The fraction of sp³-hybridized carbons (Fsp3) is 0.545. The first-order valence-electron chi connectivity index (χ1n) is 5.82. The lowest BCUT2D eigenvalue weighted by Gasteiger charge is -2.10. The van der Waals surface area contributed by atoms with Crippen LogP contribution in [-0.4, -0.2) is 58.3 Å². The van der Waals surface area contributed by atoms with Gasteiger partial charge in [-0.1, -0.05) is 0 Å². The number of hydrogen-bond acceptors (Lipinski definition) is 6. The summed E-state index contributed by atoms with van der Waals surface area (Å²) < 4.78 is 7.45. The van der Waals surface area contributed by atoms with Crippen molar-refractivity contribution in [2.75, 3.05) is 39.6 Å². The van der Waals surface area contributed by atoms with E-state index in [0.29, 0.717) is 24.5 Å². The molecule has 7 nitrogen and oxygen atoms in total. The smallest absolute Gasteiger partial charge is 0.165 e. The molecule has 2 aromatic rings. The van der Waals surface area contributed by atoms with Gasteiger partial charge in [0.25, 0.3) is 0 Å². The Morgan fingerprint density at radius 1 is 1.28 bits per heavy atom. The van der Waals surface area contributed by atoms with E-state index in [1.165, 1.54) is 6.33 Å². The second kappa shape index (κ2) is 5.74. The average Bonchev–Trinajstić information content (AvgIpc) is 2.73. The molecule has 0 amide bonds. The van der Waals surface area contributed by atoms with E-state index >= 15 is 0 Å². The third-order valence-electron chi connectivity index (χ3n) is 2.59. The van der Waals surface area contributed by atoms with Crippen molar-refractivity contribution < 1.29 is 4.74 Å². The van der Waals surface area contributed by atoms with Gasteiger partial charge in [-0.3, -0.25) is 0 Å². The number of rotatable bonds is 6. The van der Waals surface area contributed by atoms with Gasteiger partial charge in [0, 0.05) is 13.1 Å². The van der Waals surface area contributed by atoms with Gasteiger partial charge in [0.1, 0.15) is 11.8 Å². The van der Waals surface area contributed by atoms with Crippen LogP contribution in [0.1, 0.15) is 0 Å². The summed E-state index contributed by atoms with van der Waals surface area (Å²) in [6.45, 7) is 2.97. The maximum absolute atomic E-state index is 5.72. The number of nitrogens with two attached hydrogens (primary N) is 1. The normalized spacial score (nSPS) is 11.5. The van der Waals surface area contributed by atoms with Crippen molar-refractivity contribution in [2.24, 2.45) is 0 Å². The van der Waals surface area contributed by atoms with Crippen molar-refractivity contribution >= 4 is 17.0 Å². The zero-order valence-corrected chi connectivity index (χ0v) is 10.7. The van der Waals surface area contributed by atoms with Crippen LogP contribution in [-0.2, 0) is 11.3 Å². The van der Waals surface area contributed by atoms with Crippen LogP contribution in [0.2, 0.25) is 0 Å². The van der Waals surface area contributed by atoms with Crippen LogP contribution in [0.15, 0.2) is 12.7 Å². The predicted molar refractivity (Wildman–Crippen MR) is 69.1 cm³/mol. The Hall–Kier alpha value is -1.73. The molecule has 0 atom stereocenters. The number of fused-ring (bicyclic) bond motifs is 1. The fourth-order valence-electron chi connectivity index (χ4n) is 1.57. The van der Waals surface area contributed by atoms with Gasteiger partial charge in [-0.25, -0.2) is 15.0 Å². The van der Waals surface area contributed by atoms with Crippen LogP contribution >= 0.6 is 0 Å². The molecule has 0 aliphatic rings. The van der Waals surface area contributed by atoms with E-state index in [1.54, 1.807) is 6.33 Å². The minimum Gasteiger partial charge on any atom is -0.382 e. The second-order valence-electron chi connectivity index (χ2n) is 4.28. The van der Waals surface area contributed by atoms with Crippen molar-refractivity contribution in [3.8, 4) is 0 Å². The van der Waals surface area contributed by atoms with Gasteiger partial charge in [0.15, 0.2) is 11.5 Å². The Kier molecular flexibility index (Phi) is 4.06. The van der Waals surface area contributed by atoms with Crippen LogP contribution in [0.4, 0.5) is 5.82 Å². The number of anilines is 1. The molecule has 2 rings (SSSR count). The number of hydrogen-bond donors (Lipinski definition) is 1. The zero-order chi connectivity index (χ0) is 13.0. The molecule has 0 unspecified atom stereocenters. The molecular formula is C11H18N6O. The largest absolute Gasteiger partial charge is 0.382 e. The summed E-state index contributed by atoms with van der Waals surface area (Å²) in [5.74, 6) is 0.410. The molecule has 0 fully saturated rings. The van der Waals surface area contributed by atoms with Crippen molar-refractivity contribution in [2.45, 2.75) is 6.54 Å². The van der Waals surface area contributed by atoms with E-state index in [4.69, 9.17) is 10.5 Å². The molecule has 0 aliphatic heterocycles. The Bertz CT molecular complexity index is 509. The number of nitrogen functional groups attached to an aromatic ring is 1. The SMILES string of the molecule is CN(C)CCOCCn1cnc2c(N)ncnc21. The quantitative estimate of drug-likeness (QED) is 0.726. The molecule has 7 heteroatoms. The van der Waals surface area contributed by atoms with Crippen molar-refractivity contribution in [3.05, 3.63) is 12.7 Å². The fourth-order valence-corrected chi connectivity index (χ4v) is 1.57. The highest BCUT2D eigenvalue weighted by atomic mass is 16.5. The summed E-state index contributed by atoms with van der Waals surface area (Å²) in [6.07, 6.45) is 3.16. The van der Waals surface area contributed by atoms with Crippen LogP contribution in [0.5, 0.6) is 0 Å². The van der Waals surface area contributed by atoms with Gasteiger partial charge in [-0.15, -0.1) is 0 Å². The zero-order valence-electron chi connectivity index (χ0n) is 10.7. The van der Waals surface area contributed by atoms with Gasteiger partial charge in [0.05, 0.1) is 19.5 Å². The highest BCUT2D eigenvalue weighted by Gasteiger charge is 2.06. The standard InChI is InChI=1S/C11H18N6O/c1-16(2)3-5-18-6-4-17-8-15-9-10(12)13-7-14-11(9)17/h7-8H,3-6H2,1-2H3,(H2,12,13,14). The van der Waals surface area contributed by atoms with Crippen molar-refractivity contribution in [1.82, 2.24) is 24.4 Å². The van der Waals surface area contributed by atoms with Gasteiger partial charge < -0.3 is 19.9 Å². The topological polar surface area (TPSA) is 82.1 Å². The van der Waals surface area contributed by atoms with Crippen LogP contribution in [0.25, 0.3) is 11.2 Å². The summed E-state index contributed by atoms with van der Waals surface area (Å²) in [5.41, 5.74) is 7.11. The highest BCUT2D eigenvalue weighted by Crippen LogP contribution is 2.13. The van der Waals surface area contributed by atoms with Gasteiger partial charge in [-0.05, 0) is 14.1 Å². The van der Waals surface area contributed by atoms with E-state index < -0.39 is 0 Å². The van der Waals surface area contributed by atoms with E-state index in [0.717, 1.165) is 18.8 Å². The van der Waals surface area contributed by atoms with E-state index in [-0.39, 0.29) is 0 Å². The summed E-state index contributed by atoms with van der Waals surface area (Å²) in [7, 11) is 4.04. The third-order valence-corrected chi connectivity index (χ3v) is 2.59. The van der Waals surface area contributed by atoms with Crippen LogP contribution < -0.4 is 5.73 Å². The third kappa shape index (κ3) is 2.93. The van der Waals surface area contributed by atoms with E-state index in [1.807, 2.05) is 18.7 Å². The monoisotopic (exact) mass is 250 g/mol. The van der Waals surface area contributed by atoms with Crippen molar-refractivity contribution in [3.63, 3.8) is 0 Å². The first-order valence-corrected chi connectivity index (χ1v) is 5.82. The molecule has 0 saturated heterocycles. The Balaban J connectivity index is 1.90. The first-order chi connectivity index (χ1) is 8.68. The van der Waals surface area contributed by atoms with Gasteiger partial charge in [-0.2, -0.15) is 0 Å². The second-order valence-corrected chi connectivity index (χ2v) is 4.28. The number of likely N-dealkylation sites (N-methyl/N-ethyl adjacent to an activating group) is 1. The molecule has 0 spiro atoms. The highest BCUT2D eigenvalue weighted by molar-refractivity contribution is 5.80. The first kappa shape index (κ1) is 12.7. The van der Waals surface area contributed by atoms with Gasteiger partial charge >= 0.3 is 0 Å². The Labute approximate surface area is 106 Å². The minimum atomic E-state index is 0.410. The number of nitrogens with zero attached hydrogens (tertiary/aromatic N) is 5. The minimum absolute atomic E-state index is 0.410. The summed E-state index contributed by atoms with van der Waals surface area (Å²) >= 11 is 0. The Morgan fingerprint density at radius 3 is 2.89 bits per heavy atom. The molecular weight excluding hydrogens is 232 g/mol. The van der Waals surface area contributed by atoms with Crippen LogP contribution in [0.3, 0.4) is 0 Å². The molecule has 0 radical (unpaired) electrons. The molecule has 18 heavy (non-hydrogen) atoms. The van der Waals surface area contributed by atoms with E-state index in [2.05, 4.69) is 19.9 Å². The molecule has 0 aliphatic carbocycles. The molecule has 98 valence electrons. The molecule has 0 bridgehead atoms. The lowest BCUT2D eigenvalue weighted by molar-refractivity contribution is 0.111. The molecule has 0 saturated carbocycles. The van der Waals surface area contributed by atoms with Crippen LogP contribution in [0, 0.1) is 0 Å². The molecule has 2 heterocycles. The average molecular weight is 250 g/mol. The van der Waals surface area contributed by atoms with E-state index in [9.17, 15) is 0 Å². The lowest BCUT2D eigenvalue weighted by Crippen LogP contribution is -2.19. The summed E-state index contributed by atoms with van der Waals surface area (Å²) in [5, 5.41) is 0. The lowest BCUT2D eigenvalue weighted by atomic mass is 10.5.